The first-order valence-electron chi connectivity index (χ1n) is 4.40. The van der Waals surface area contributed by atoms with E-state index in [0.29, 0.717) is 11.6 Å². The molecule has 0 amide bonds. The normalized spacial score (nSPS) is 17.9. The molecule has 2 rings (SSSR count). The van der Waals surface area contributed by atoms with Gasteiger partial charge in [0.25, 0.3) is 0 Å². The maximum atomic E-state index is 11.4. The summed E-state index contributed by atoms with van der Waals surface area (Å²) in [6, 6.07) is 3.76. The highest BCUT2D eigenvalue weighted by Gasteiger charge is 2.24. The van der Waals surface area contributed by atoms with Gasteiger partial charge in [-0.15, -0.1) is 11.3 Å². The Morgan fingerprint density at radius 3 is 2.93 bits per heavy atom. The molecule has 0 radical (unpaired) electrons. The summed E-state index contributed by atoms with van der Waals surface area (Å²) in [5.74, 6) is -0.00444. The number of hydrogen-bond acceptors (Lipinski definition) is 5. The van der Waals surface area contributed by atoms with Gasteiger partial charge in [-0.05, 0) is 11.4 Å². The van der Waals surface area contributed by atoms with Gasteiger partial charge in [0.1, 0.15) is 0 Å². The van der Waals surface area contributed by atoms with Crippen molar-refractivity contribution in [1.29, 1.82) is 0 Å². The summed E-state index contributed by atoms with van der Waals surface area (Å²) in [6.45, 7) is 0. The highest BCUT2D eigenvalue weighted by molar-refractivity contribution is 7.12. The first-order chi connectivity index (χ1) is 7.16. The summed E-state index contributed by atoms with van der Waals surface area (Å²) in [7, 11) is 3.66. The molecule has 0 saturated carbocycles. The van der Waals surface area contributed by atoms with Crippen molar-refractivity contribution in [3.8, 4) is 0 Å². The SMILES string of the molecule is CN(C)/C=C1/N=C(c2cccs2)OC1=O. The van der Waals surface area contributed by atoms with Gasteiger partial charge in [-0.3, -0.25) is 0 Å². The number of ether oxygens (including phenoxy) is 1. The van der Waals surface area contributed by atoms with E-state index in [9.17, 15) is 4.79 Å². The number of nitrogens with zero attached hydrogens (tertiary/aromatic N) is 2. The quantitative estimate of drug-likeness (QED) is 0.562. The molecular formula is C10H10N2O2S. The molecule has 0 unspecified atom stereocenters. The molecule has 0 bridgehead atoms. The largest absolute Gasteiger partial charge is 0.401 e. The van der Waals surface area contributed by atoms with Crippen LogP contribution in [0.3, 0.4) is 0 Å². The molecule has 0 fully saturated rings. The Balaban J connectivity index is 2.29. The molecule has 0 saturated heterocycles. The van der Waals surface area contributed by atoms with Crippen molar-refractivity contribution in [2.75, 3.05) is 14.1 Å². The van der Waals surface area contributed by atoms with Gasteiger partial charge in [-0.1, -0.05) is 6.07 Å². The first-order valence-corrected chi connectivity index (χ1v) is 5.28. The van der Waals surface area contributed by atoms with Crippen molar-refractivity contribution in [3.63, 3.8) is 0 Å². The van der Waals surface area contributed by atoms with Crippen LogP contribution in [-0.2, 0) is 9.53 Å². The van der Waals surface area contributed by atoms with E-state index in [1.165, 1.54) is 11.3 Å². The monoisotopic (exact) mass is 222 g/mol. The maximum absolute atomic E-state index is 11.4. The van der Waals surface area contributed by atoms with E-state index in [1.807, 2.05) is 31.6 Å². The predicted molar refractivity (Wildman–Crippen MR) is 58.7 cm³/mol. The number of carbonyl (C=O) groups excluding carboxylic acids is 1. The van der Waals surface area contributed by atoms with Gasteiger partial charge in [0.2, 0.25) is 5.90 Å². The summed E-state index contributed by atoms with van der Waals surface area (Å²) >= 11 is 1.49. The molecule has 4 nitrogen and oxygen atoms in total. The number of cyclic esters (lactones) is 1. The van der Waals surface area contributed by atoms with Gasteiger partial charge in [-0.2, -0.15) is 0 Å². The molecule has 0 atom stereocenters. The number of hydrogen-bond donors (Lipinski definition) is 0. The average molecular weight is 222 g/mol. The standard InChI is InChI=1S/C10H10N2O2S/c1-12(2)6-7-10(13)14-9(11-7)8-4-3-5-15-8/h3-6H,1-2H3/b7-6+. The van der Waals surface area contributed by atoms with Gasteiger partial charge >= 0.3 is 5.97 Å². The van der Waals surface area contributed by atoms with Crippen LogP contribution in [0, 0.1) is 0 Å². The minimum Gasteiger partial charge on any atom is -0.401 e. The van der Waals surface area contributed by atoms with Crippen LogP contribution >= 0.6 is 11.3 Å². The lowest BCUT2D eigenvalue weighted by molar-refractivity contribution is -0.130. The van der Waals surface area contributed by atoms with E-state index < -0.39 is 5.97 Å². The molecule has 15 heavy (non-hydrogen) atoms. The highest BCUT2D eigenvalue weighted by atomic mass is 32.1. The van der Waals surface area contributed by atoms with E-state index in [-0.39, 0.29) is 0 Å². The Bertz CT molecular complexity index is 432. The van der Waals surface area contributed by atoms with E-state index in [0.717, 1.165) is 4.88 Å². The minimum absolute atomic E-state index is 0.336. The predicted octanol–water partition coefficient (Wildman–Crippen LogP) is 1.45. The molecule has 2 heterocycles. The molecule has 0 aromatic carbocycles. The van der Waals surface area contributed by atoms with Crippen LogP contribution in [-0.4, -0.2) is 30.9 Å². The molecule has 1 aromatic heterocycles. The highest BCUT2D eigenvalue weighted by Crippen LogP contribution is 2.19. The van der Waals surface area contributed by atoms with Crippen LogP contribution in [0.15, 0.2) is 34.4 Å². The number of thiophene rings is 1. The second kappa shape index (κ2) is 3.86. The van der Waals surface area contributed by atoms with Crippen LogP contribution in [0.5, 0.6) is 0 Å². The van der Waals surface area contributed by atoms with E-state index in [4.69, 9.17) is 4.74 Å². The molecule has 1 aliphatic heterocycles. The lowest BCUT2D eigenvalue weighted by atomic mass is 10.5. The van der Waals surface area contributed by atoms with Gasteiger partial charge in [0.05, 0.1) is 4.88 Å². The average Bonchev–Trinajstić information content (AvgIpc) is 2.75. The Morgan fingerprint density at radius 2 is 2.33 bits per heavy atom. The Labute approximate surface area is 91.5 Å². The zero-order valence-corrected chi connectivity index (χ0v) is 9.25. The Kier molecular flexibility index (Phi) is 2.55. The summed E-state index contributed by atoms with van der Waals surface area (Å²) in [5.41, 5.74) is 0.336. The van der Waals surface area contributed by atoms with Crippen LogP contribution in [0.25, 0.3) is 0 Å². The van der Waals surface area contributed by atoms with Crippen LogP contribution < -0.4 is 0 Å². The molecule has 1 aliphatic rings. The fraction of sp³-hybridized carbons (Fsp3) is 0.200. The second-order valence-corrected chi connectivity index (χ2v) is 4.21. The third-order valence-electron chi connectivity index (χ3n) is 1.73. The second-order valence-electron chi connectivity index (χ2n) is 3.26. The number of esters is 1. The Hall–Kier alpha value is -1.62. The van der Waals surface area contributed by atoms with Crippen LogP contribution in [0.2, 0.25) is 0 Å². The van der Waals surface area contributed by atoms with Crippen LogP contribution in [0.1, 0.15) is 4.88 Å². The van der Waals surface area contributed by atoms with Crippen molar-refractivity contribution < 1.29 is 9.53 Å². The summed E-state index contributed by atoms with van der Waals surface area (Å²) in [5, 5.41) is 1.92. The third-order valence-corrected chi connectivity index (χ3v) is 2.59. The number of carbonyl (C=O) groups is 1. The van der Waals surface area contributed by atoms with E-state index >= 15 is 0 Å². The van der Waals surface area contributed by atoms with E-state index in [1.54, 1.807) is 11.1 Å². The van der Waals surface area contributed by atoms with Crippen LogP contribution in [0.4, 0.5) is 0 Å². The fourth-order valence-electron chi connectivity index (χ4n) is 1.15. The van der Waals surface area contributed by atoms with Crippen molar-refractivity contribution in [2.24, 2.45) is 4.99 Å². The first kappa shape index (κ1) is 9.92. The zero-order valence-electron chi connectivity index (χ0n) is 8.43. The summed E-state index contributed by atoms with van der Waals surface area (Å²) < 4.78 is 5.05. The van der Waals surface area contributed by atoms with Crippen molar-refractivity contribution in [2.45, 2.75) is 0 Å². The molecule has 78 valence electrons. The lowest BCUT2D eigenvalue weighted by Crippen LogP contribution is -2.07. The van der Waals surface area contributed by atoms with Gasteiger partial charge < -0.3 is 9.64 Å². The zero-order chi connectivity index (χ0) is 10.8. The number of aliphatic imine (C=N–C) groups is 1. The van der Waals surface area contributed by atoms with Gasteiger partial charge in [-0.25, -0.2) is 9.79 Å². The molecule has 0 aliphatic carbocycles. The van der Waals surface area contributed by atoms with Crippen molar-refractivity contribution in [1.82, 2.24) is 4.90 Å². The van der Waals surface area contributed by atoms with Gasteiger partial charge in [0.15, 0.2) is 5.70 Å². The summed E-state index contributed by atoms with van der Waals surface area (Å²) in [4.78, 5) is 18.1. The van der Waals surface area contributed by atoms with Crippen molar-refractivity contribution in [3.05, 3.63) is 34.3 Å². The molecule has 5 heteroatoms. The molecule has 1 aromatic rings. The third kappa shape index (κ3) is 2.07. The molecule has 0 spiro atoms. The van der Waals surface area contributed by atoms with E-state index in [2.05, 4.69) is 4.99 Å². The molecule has 0 N–H and O–H groups in total. The van der Waals surface area contributed by atoms with Gasteiger partial charge in [0, 0.05) is 20.3 Å². The fourth-order valence-corrected chi connectivity index (χ4v) is 1.80. The smallest absolute Gasteiger partial charge is 0.365 e. The topological polar surface area (TPSA) is 41.9 Å². The maximum Gasteiger partial charge on any atom is 0.365 e. The number of rotatable bonds is 2. The molecular weight excluding hydrogens is 212 g/mol. The van der Waals surface area contributed by atoms with Crippen molar-refractivity contribution >= 4 is 23.2 Å². The minimum atomic E-state index is -0.396. The summed E-state index contributed by atoms with van der Waals surface area (Å²) in [6.07, 6.45) is 1.64. The Morgan fingerprint density at radius 1 is 1.53 bits per heavy atom. The lowest BCUT2D eigenvalue weighted by Gasteiger charge is -2.02.